The van der Waals surface area contributed by atoms with Crippen LogP contribution in [-0.4, -0.2) is 28.7 Å². The van der Waals surface area contributed by atoms with Gasteiger partial charge in [-0.1, -0.05) is 42.5 Å². The summed E-state index contributed by atoms with van der Waals surface area (Å²) in [5, 5.41) is 14.3. The molecule has 0 saturated heterocycles. The van der Waals surface area contributed by atoms with Crippen LogP contribution in [0.5, 0.6) is 0 Å². The normalized spacial score (nSPS) is 11.5. The number of nitro benzene ring substituents is 1. The summed E-state index contributed by atoms with van der Waals surface area (Å²) in [6, 6.07) is 20.4. The summed E-state index contributed by atoms with van der Waals surface area (Å²) in [5.41, 5.74) is 2.23. The number of para-hydroxylation sites is 1. The molecule has 0 spiro atoms. The molecule has 31 heavy (non-hydrogen) atoms. The molecular formula is C24H23N3O4. The van der Waals surface area contributed by atoms with Gasteiger partial charge in [0, 0.05) is 23.9 Å². The number of anilines is 1. The topological polar surface area (TPSA) is 92.6 Å². The molecule has 0 heterocycles. The summed E-state index contributed by atoms with van der Waals surface area (Å²) in [4.78, 5) is 37.9. The first-order chi connectivity index (χ1) is 14.8. The van der Waals surface area contributed by atoms with E-state index in [1.165, 1.54) is 11.0 Å². The van der Waals surface area contributed by atoms with Crippen LogP contribution in [0.1, 0.15) is 44.8 Å². The average molecular weight is 417 g/mol. The molecule has 1 atom stereocenters. The first kappa shape index (κ1) is 21.7. The second-order valence-electron chi connectivity index (χ2n) is 7.27. The van der Waals surface area contributed by atoms with Crippen molar-refractivity contribution in [2.45, 2.75) is 19.9 Å². The Morgan fingerprint density at radius 3 is 2.35 bits per heavy atom. The van der Waals surface area contributed by atoms with Gasteiger partial charge >= 0.3 is 0 Å². The minimum Gasteiger partial charge on any atom is -0.335 e. The molecule has 2 amide bonds. The van der Waals surface area contributed by atoms with Crippen LogP contribution in [0.3, 0.4) is 0 Å². The Kier molecular flexibility index (Phi) is 6.45. The molecule has 3 rings (SSSR count). The minimum absolute atomic E-state index is 0.0490. The van der Waals surface area contributed by atoms with Crippen molar-refractivity contribution in [3.8, 4) is 0 Å². The molecule has 3 aromatic rings. The van der Waals surface area contributed by atoms with Gasteiger partial charge in [-0.05, 0) is 49.7 Å². The third-order valence-corrected chi connectivity index (χ3v) is 5.21. The van der Waals surface area contributed by atoms with Gasteiger partial charge in [-0.15, -0.1) is 0 Å². The SMILES string of the molecule is Cc1cccc(C(=O)N(C)[C@@H](C)c2cccc(NC(=O)c3ccccc3)c2)c1[N+](=O)[O-]. The van der Waals surface area contributed by atoms with E-state index in [-0.39, 0.29) is 23.2 Å². The largest absolute Gasteiger partial charge is 0.335 e. The number of benzene rings is 3. The zero-order valence-corrected chi connectivity index (χ0v) is 17.5. The Morgan fingerprint density at radius 1 is 1.00 bits per heavy atom. The number of carbonyl (C=O) groups is 2. The van der Waals surface area contributed by atoms with Crippen LogP contribution in [0.25, 0.3) is 0 Å². The highest BCUT2D eigenvalue weighted by atomic mass is 16.6. The van der Waals surface area contributed by atoms with Gasteiger partial charge in [0.25, 0.3) is 17.5 Å². The van der Waals surface area contributed by atoms with Crippen molar-refractivity contribution >= 4 is 23.2 Å². The number of nitro groups is 1. The fourth-order valence-electron chi connectivity index (χ4n) is 3.33. The van der Waals surface area contributed by atoms with Crippen LogP contribution >= 0.6 is 0 Å². The number of rotatable bonds is 6. The summed E-state index contributed by atoms with van der Waals surface area (Å²) >= 11 is 0. The van der Waals surface area contributed by atoms with E-state index in [1.54, 1.807) is 68.6 Å². The molecule has 0 aliphatic heterocycles. The number of nitrogens with zero attached hydrogens (tertiary/aromatic N) is 2. The molecule has 3 aromatic carbocycles. The number of amides is 2. The van der Waals surface area contributed by atoms with Gasteiger partial charge in [0.15, 0.2) is 0 Å². The van der Waals surface area contributed by atoms with Gasteiger partial charge in [0.05, 0.1) is 11.0 Å². The van der Waals surface area contributed by atoms with Crippen molar-refractivity contribution in [2.75, 3.05) is 12.4 Å². The number of hydrogen-bond acceptors (Lipinski definition) is 4. The number of aryl methyl sites for hydroxylation is 1. The molecule has 0 saturated carbocycles. The second kappa shape index (κ2) is 9.21. The summed E-state index contributed by atoms with van der Waals surface area (Å²) < 4.78 is 0. The van der Waals surface area contributed by atoms with Crippen molar-refractivity contribution < 1.29 is 14.5 Å². The van der Waals surface area contributed by atoms with Gasteiger partial charge in [0.1, 0.15) is 5.56 Å². The minimum atomic E-state index is -0.527. The molecule has 0 unspecified atom stereocenters. The first-order valence-electron chi connectivity index (χ1n) is 9.77. The lowest BCUT2D eigenvalue weighted by molar-refractivity contribution is -0.385. The summed E-state index contributed by atoms with van der Waals surface area (Å²) in [5.74, 6) is -0.674. The lowest BCUT2D eigenvalue weighted by atomic mass is 10.0. The van der Waals surface area contributed by atoms with Gasteiger partial charge in [0.2, 0.25) is 0 Å². The van der Waals surface area contributed by atoms with Crippen molar-refractivity contribution in [1.82, 2.24) is 4.90 Å². The smallest absolute Gasteiger partial charge is 0.285 e. The summed E-state index contributed by atoms with van der Waals surface area (Å²) in [6.07, 6.45) is 0. The monoisotopic (exact) mass is 417 g/mol. The molecule has 0 aliphatic carbocycles. The summed E-state index contributed by atoms with van der Waals surface area (Å²) in [7, 11) is 1.61. The highest BCUT2D eigenvalue weighted by Crippen LogP contribution is 2.28. The maximum Gasteiger partial charge on any atom is 0.285 e. The number of nitrogens with one attached hydrogen (secondary N) is 1. The van der Waals surface area contributed by atoms with E-state index in [1.807, 2.05) is 19.1 Å². The first-order valence-corrected chi connectivity index (χ1v) is 9.77. The number of hydrogen-bond donors (Lipinski definition) is 1. The van der Waals surface area contributed by atoms with Crippen molar-refractivity contribution in [2.24, 2.45) is 0 Å². The van der Waals surface area contributed by atoms with E-state index in [0.717, 1.165) is 5.56 Å². The Hall–Kier alpha value is -4.00. The predicted molar refractivity (Wildman–Crippen MR) is 119 cm³/mol. The van der Waals surface area contributed by atoms with Gasteiger partial charge in [-0.25, -0.2) is 0 Å². The maximum atomic E-state index is 13.0. The lowest BCUT2D eigenvalue weighted by Crippen LogP contribution is -2.30. The number of carbonyl (C=O) groups excluding carboxylic acids is 2. The molecule has 7 heteroatoms. The maximum absolute atomic E-state index is 13.0. The molecule has 0 aromatic heterocycles. The Balaban J connectivity index is 1.82. The van der Waals surface area contributed by atoms with E-state index in [4.69, 9.17) is 0 Å². The fraction of sp³-hybridized carbons (Fsp3) is 0.167. The van der Waals surface area contributed by atoms with Crippen molar-refractivity contribution in [1.29, 1.82) is 0 Å². The second-order valence-corrected chi connectivity index (χ2v) is 7.27. The van der Waals surface area contributed by atoms with Crippen LogP contribution in [0.2, 0.25) is 0 Å². The standard InChI is InChI=1S/C24H23N3O4/c1-16-9-7-14-21(22(16)27(30)31)24(29)26(3)17(2)19-12-8-13-20(15-19)25-23(28)18-10-5-4-6-11-18/h4-15,17H,1-3H3,(H,25,28)/t17-/m0/s1. The van der Waals surface area contributed by atoms with E-state index >= 15 is 0 Å². The van der Waals surface area contributed by atoms with Crippen LogP contribution in [0, 0.1) is 17.0 Å². The van der Waals surface area contributed by atoms with Gasteiger partial charge in [-0.3, -0.25) is 19.7 Å². The molecule has 0 aliphatic rings. The Morgan fingerprint density at radius 2 is 1.68 bits per heavy atom. The van der Waals surface area contributed by atoms with E-state index < -0.39 is 10.8 Å². The third kappa shape index (κ3) is 4.78. The van der Waals surface area contributed by atoms with Gasteiger partial charge in [-0.2, -0.15) is 0 Å². The predicted octanol–water partition coefficient (Wildman–Crippen LogP) is 4.99. The van der Waals surface area contributed by atoms with Crippen molar-refractivity contribution in [3.05, 3.63) is 105 Å². The highest BCUT2D eigenvalue weighted by Gasteiger charge is 2.27. The van der Waals surface area contributed by atoms with Crippen LogP contribution < -0.4 is 5.32 Å². The van der Waals surface area contributed by atoms with Crippen LogP contribution in [-0.2, 0) is 0 Å². The Labute approximate surface area is 180 Å². The molecule has 0 radical (unpaired) electrons. The van der Waals surface area contributed by atoms with Crippen LogP contribution in [0.4, 0.5) is 11.4 Å². The van der Waals surface area contributed by atoms with E-state index in [2.05, 4.69) is 5.32 Å². The Bertz CT molecular complexity index is 1130. The lowest BCUT2D eigenvalue weighted by Gasteiger charge is -2.26. The summed E-state index contributed by atoms with van der Waals surface area (Å²) in [6.45, 7) is 3.44. The zero-order valence-electron chi connectivity index (χ0n) is 17.5. The quantitative estimate of drug-likeness (QED) is 0.452. The molecule has 0 bridgehead atoms. The molecule has 0 fully saturated rings. The van der Waals surface area contributed by atoms with Crippen molar-refractivity contribution in [3.63, 3.8) is 0 Å². The molecular weight excluding hydrogens is 394 g/mol. The third-order valence-electron chi connectivity index (χ3n) is 5.21. The molecule has 158 valence electrons. The molecule has 1 N–H and O–H groups in total. The van der Waals surface area contributed by atoms with Gasteiger partial charge < -0.3 is 10.2 Å². The van der Waals surface area contributed by atoms with E-state index in [9.17, 15) is 19.7 Å². The molecule has 7 nitrogen and oxygen atoms in total. The average Bonchev–Trinajstić information content (AvgIpc) is 2.77. The zero-order chi connectivity index (χ0) is 22.5. The van der Waals surface area contributed by atoms with E-state index in [0.29, 0.717) is 16.8 Å². The highest BCUT2D eigenvalue weighted by molar-refractivity contribution is 6.04. The van der Waals surface area contributed by atoms with Crippen LogP contribution in [0.15, 0.2) is 72.8 Å². The fourth-order valence-corrected chi connectivity index (χ4v) is 3.33.